The molecule has 1 rings (SSSR count). The van der Waals surface area contributed by atoms with E-state index in [-0.39, 0.29) is 19.3 Å². The van der Waals surface area contributed by atoms with Crippen LogP contribution >= 0.6 is 0 Å². The molecule has 1 aliphatic rings. The van der Waals surface area contributed by atoms with Crippen molar-refractivity contribution in [3.05, 3.63) is 0 Å². The van der Waals surface area contributed by atoms with Gasteiger partial charge in [-0.1, -0.05) is 13.3 Å². The van der Waals surface area contributed by atoms with Gasteiger partial charge in [-0.15, -0.1) is 0 Å². The SMILES string of the molecule is CCCCOC(=O)CC(CC(=O)O)(OCC1CO1)C(=O)O. The van der Waals surface area contributed by atoms with E-state index in [9.17, 15) is 19.5 Å². The summed E-state index contributed by atoms with van der Waals surface area (Å²) in [6.07, 6.45) is -0.236. The first kappa shape index (κ1) is 17.4. The maximum Gasteiger partial charge on any atom is 0.337 e. The first-order valence-electron chi connectivity index (χ1n) is 6.76. The zero-order valence-electron chi connectivity index (χ0n) is 11.9. The molecule has 0 radical (unpaired) electrons. The largest absolute Gasteiger partial charge is 0.481 e. The van der Waals surface area contributed by atoms with Gasteiger partial charge in [0.1, 0.15) is 6.10 Å². The van der Waals surface area contributed by atoms with E-state index in [1.165, 1.54) is 0 Å². The molecular weight excluding hydrogens is 284 g/mol. The van der Waals surface area contributed by atoms with Crippen LogP contribution < -0.4 is 0 Å². The van der Waals surface area contributed by atoms with Crippen LogP contribution in [0.4, 0.5) is 0 Å². The molecule has 0 amide bonds. The van der Waals surface area contributed by atoms with Crippen LogP contribution in [0, 0.1) is 0 Å². The highest BCUT2D eigenvalue weighted by Crippen LogP contribution is 2.25. The molecule has 1 aliphatic heterocycles. The van der Waals surface area contributed by atoms with Gasteiger partial charge in [0.05, 0.1) is 32.7 Å². The molecule has 0 aliphatic carbocycles. The normalized spacial score (nSPS) is 19.6. The minimum atomic E-state index is -2.12. The number of carbonyl (C=O) groups is 3. The molecule has 0 aromatic carbocycles. The van der Waals surface area contributed by atoms with Gasteiger partial charge in [0.15, 0.2) is 5.60 Å². The Morgan fingerprint density at radius 1 is 1.29 bits per heavy atom. The third-order valence-electron chi connectivity index (χ3n) is 2.97. The van der Waals surface area contributed by atoms with E-state index in [0.29, 0.717) is 13.0 Å². The summed E-state index contributed by atoms with van der Waals surface area (Å²) in [5, 5.41) is 18.2. The Labute approximate surface area is 122 Å². The summed E-state index contributed by atoms with van der Waals surface area (Å²) >= 11 is 0. The zero-order valence-corrected chi connectivity index (χ0v) is 11.9. The number of ether oxygens (including phenoxy) is 3. The highest BCUT2D eigenvalue weighted by atomic mass is 16.6. The van der Waals surface area contributed by atoms with E-state index in [4.69, 9.17) is 19.3 Å². The maximum atomic E-state index is 11.7. The van der Waals surface area contributed by atoms with E-state index in [0.717, 1.165) is 6.42 Å². The van der Waals surface area contributed by atoms with Crippen LogP contribution in [-0.4, -0.2) is 59.6 Å². The molecule has 1 heterocycles. The molecule has 0 aromatic heterocycles. The average Bonchev–Trinajstić information content (AvgIpc) is 3.19. The van der Waals surface area contributed by atoms with Crippen LogP contribution in [-0.2, 0) is 28.6 Å². The molecule has 1 saturated heterocycles. The van der Waals surface area contributed by atoms with Crippen LogP contribution in [0.5, 0.6) is 0 Å². The second kappa shape index (κ2) is 7.94. The molecule has 0 aromatic rings. The van der Waals surface area contributed by atoms with Crippen molar-refractivity contribution in [2.24, 2.45) is 0 Å². The van der Waals surface area contributed by atoms with Gasteiger partial charge in [-0.3, -0.25) is 9.59 Å². The van der Waals surface area contributed by atoms with Crippen molar-refractivity contribution in [3.63, 3.8) is 0 Å². The molecule has 8 heteroatoms. The summed E-state index contributed by atoms with van der Waals surface area (Å²) in [6, 6.07) is 0. The molecule has 1 fully saturated rings. The summed E-state index contributed by atoms with van der Waals surface area (Å²) in [7, 11) is 0. The molecule has 2 atom stereocenters. The molecule has 120 valence electrons. The predicted octanol–water partition coefficient (Wildman–Crippen LogP) is 0.433. The van der Waals surface area contributed by atoms with Gasteiger partial charge in [0.2, 0.25) is 0 Å². The van der Waals surface area contributed by atoms with E-state index < -0.39 is 36.4 Å². The van der Waals surface area contributed by atoms with Crippen LogP contribution in [0.2, 0.25) is 0 Å². The lowest BCUT2D eigenvalue weighted by atomic mass is 9.95. The minimum absolute atomic E-state index is 0.0676. The van der Waals surface area contributed by atoms with Gasteiger partial charge in [-0.25, -0.2) is 4.79 Å². The van der Waals surface area contributed by atoms with Crippen molar-refractivity contribution in [1.82, 2.24) is 0 Å². The van der Waals surface area contributed by atoms with Crippen molar-refractivity contribution >= 4 is 17.9 Å². The molecule has 2 unspecified atom stereocenters. The van der Waals surface area contributed by atoms with Crippen molar-refractivity contribution in [1.29, 1.82) is 0 Å². The molecule has 0 bridgehead atoms. The summed E-state index contributed by atoms with van der Waals surface area (Å²) in [4.78, 5) is 34.0. The molecule has 2 N–H and O–H groups in total. The van der Waals surface area contributed by atoms with Crippen LogP contribution in [0.25, 0.3) is 0 Å². The lowest BCUT2D eigenvalue weighted by Crippen LogP contribution is -2.46. The Balaban J connectivity index is 2.68. The number of hydrogen-bond donors (Lipinski definition) is 2. The summed E-state index contributed by atoms with van der Waals surface area (Å²) in [5.74, 6) is -3.66. The highest BCUT2D eigenvalue weighted by molar-refractivity contribution is 5.88. The third-order valence-corrected chi connectivity index (χ3v) is 2.97. The first-order chi connectivity index (χ1) is 9.89. The lowest BCUT2D eigenvalue weighted by Gasteiger charge is -2.27. The van der Waals surface area contributed by atoms with Gasteiger partial charge < -0.3 is 24.4 Å². The summed E-state index contributed by atoms with van der Waals surface area (Å²) in [6.45, 7) is 2.45. The Morgan fingerprint density at radius 2 is 1.95 bits per heavy atom. The second-order valence-electron chi connectivity index (χ2n) is 4.89. The number of hydrogen-bond acceptors (Lipinski definition) is 6. The highest BCUT2D eigenvalue weighted by Gasteiger charge is 2.46. The molecule has 21 heavy (non-hydrogen) atoms. The number of unbranched alkanes of at least 4 members (excludes halogenated alkanes) is 1. The molecule has 0 saturated carbocycles. The van der Waals surface area contributed by atoms with Gasteiger partial charge in [-0.05, 0) is 6.42 Å². The Bertz CT molecular complexity index is 390. The van der Waals surface area contributed by atoms with E-state index in [1.54, 1.807) is 0 Å². The van der Waals surface area contributed by atoms with Crippen LogP contribution in [0.15, 0.2) is 0 Å². The predicted molar refractivity (Wildman–Crippen MR) is 68.8 cm³/mol. The van der Waals surface area contributed by atoms with Crippen molar-refractivity contribution in [2.45, 2.75) is 44.3 Å². The van der Waals surface area contributed by atoms with E-state index >= 15 is 0 Å². The number of aliphatic carboxylic acids is 2. The average molecular weight is 304 g/mol. The minimum Gasteiger partial charge on any atom is -0.481 e. The van der Waals surface area contributed by atoms with Crippen LogP contribution in [0.1, 0.15) is 32.6 Å². The number of carbonyl (C=O) groups excluding carboxylic acids is 1. The lowest BCUT2D eigenvalue weighted by molar-refractivity contribution is -0.180. The quantitative estimate of drug-likeness (QED) is 0.320. The van der Waals surface area contributed by atoms with Crippen molar-refractivity contribution in [2.75, 3.05) is 19.8 Å². The Morgan fingerprint density at radius 3 is 2.43 bits per heavy atom. The van der Waals surface area contributed by atoms with Gasteiger partial charge in [-0.2, -0.15) is 0 Å². The third kappa shape index (κ3) is 6.09. The number of carboxylic acid groups (broad SMARTS) is 2. The van der Waals surface area contributed by atoms with Crippen molar-refractivity contribution in [3.8, 4) is 0 Å². The number of rotatable bonds is 11. The van der Waals surface area contributed by atoms with Gasteiger partial charge >= 0.3 is 17.9 Å². The van der Waals surface area contributed by atoms with Gasteiger partial charge in [0.25, 0.3) is 0 Å². The fourth-order valence-corrected chi connectivity index (χ4v) is 1.65. The topological polar surface area (TPSA) is 123 Å². The fourth-order valence-electron chi connectivity index (χ4n) is 1.65. The Kier molecular flexibility index (Phi) is 6.57. The number of esters is 1. The smallest absolute Gasteiger partial charge is 0.337 e. The standard InChI is InChI=1S/C13H20O8/c1-2-3-4-19-11(16)6-13(12(17)18,5-10(14)15)21-8-9-7-20-9/h9H,2-8H2,1H3,(H,14,15)(H,17,18). The second-order valence-corrected chi connectivity index (χ2v) is 4.89. The zero-order chi connectivity index (χ0) is 15.9. The maximum absolute atomic E-state index is 11.7. The first-order valence-corrected chi connectivity index (χ1v) is 6.76. The molecule has 8 nitrogen and oxygen atoms in total. The van der Waals surface area contributed by atoms with Gasteiger partial charge in [0, 0.05) is 0 Å². The summed E-state index contributed by atoms with van der Waals surface area (Å²) in [5.41, 5.74) is -2.12. The number of epoxide rings is 1. The van der Waals surface area contributed by atoms with Crippen LogP contribution in [0.3, 0.4) is 0 Å². The fraction of sp³-hybridized carbons (Fsp3) is 0.769. The van der Waals surface area contributed by atoms with Crippen molar-refractivity contribution < 1.29 is 38.8 Å². The summed E-state index contributed by atoms with van der Waals surface area (Å²) < 4.78 is 15.0. The number of carboxylic acids is 2. The Hall–Kier alpha value is -1.67. The van der Waals surface area contributed by atoms with E-state index in [1.807, 2.05) is 6.92 Å². The molecule has 0 spiro atoms. The van der Waals surface area contributed by atoms with E-state index in [2.05, 4.69) is 0 Å². The monoisotopic (exact) mass is 304 g/mol. The molecular formula is C13H20O8.